The molecular weight excluding hydrogens is 1260 g/mol. The van der Waals surface area contributed by atoms with Crippen LogP contribution in [0.5, 0.6) is 0 Å². The van der Waals surface area contributed by atoms with Crippen LogP contribution in [0.4, 0.5) is 34.1 Å². The summed E-state index contributed by atoms with van der Waals surface area (Å²) in [6, 6.07) is 117. The molecule has 0 N–H and O–H groups in total. The molecule has 0 bridgehead atoms. The van der Waals surface area contributed by atoms with Gasteiger partial charge < -0.3 is 9.80 Å². The van der Waals surface area contributed by atoms with E-state index < -0.39 is 10.8 Å². The summed E-state index contributed by atoms with van der Waals surface area (Å²) in [5, 5.41) is 0. The van der Waals surface area contributed by atoms with Crippen molar-refractivity contribution in [3.63, 3.8) is 0 Å². The van der Waals surface area contributed by atoms with Gasteiger partial charge in [0.2, 0.25) is 0 Å². The number of nitrogens with zero attached hydrogens (tertiary/aromatic N) is 2. The monoisotopic (exact) mass is 1350 g/mol. The molecule has 0 saturated heterocycles. The summed E-state index contributed by atoms with van der Waals surface area (Å²) in [7, 11) is 0. The van der Waals surface area contributed by atoms with Crippen molar-refractivity contribution >= 4 is 57.2 Å². The lowest BCUT2D eigenvalue weighted by Crippen LogP contribution is -2.61. The normalized spacial score (nSPS) is 14.8. The Balaban J connectivity index is 0.964. The summed E-state index contributed by atoms with van der Waals surface area (Å²) in [4.78, 5) is 5.32. The van der Waals surface area contributed by atoms with Gasteiger partial charge in [0.05, 0.1) is 10.8 Å². The molecule has 0 aromatic heterocycles. The van der Waals surface area contributed by atoms with Gasteiger partial charge in [0.15, 0.2) is 0 Å². The van der Waals surface area contributed by atoms with E-state index in [9.17, 15) is 0 Å². The summed E-state index contributed by atoms with van der Waals surface area (Å²) in [5.74, 6) is 0. The maximum absolute atomic E-state index is 2.66. The highest BCUT2D eigenvalue weighted by molar-refractivity contribution is 7.00. The first-order valence-corrected chi connectivity index (χ1v) is 37.9. The molecule has 0 amide bonds. The van der Waals surface area contributed by atoms with Crippen LogP contribution in [0.15, 0.2) is 297 Å². The van der Waals surface area contributed by atoms with E-state index in [0.717, 1.165) is 16.9 Å². The van der Waals surface area contributed by atoms with E-state index in [0.29, 0.717) is 0 Å². The van der Waals surface area contributed by atoms with Crippen LogP contribution in [0.3, 0.4) is 0 Å². The van der Waals surface area contributed by atoms with Gasteiger partial charge in [-0.15, -0.1) is 0 Å². The number of rotatable bonds is 5. The van der Waals surface area contributed by atoms with E-state index in [-0.39, 0.29) is 28.4 Å². The van der Waals surface area contributed by atoms with Crippen molar-refractivity contribution in [2.24, 2.45) is 0 Å². The first kappa shape index (κ1) is 63.4. The summed E-state index contributed by atoms with van der Waals surface area (Å²) in [5.41, 5.74) is 42.7. The minimum atomic E-state index is -0.633. The second-order valence-electron chi connectivity index (χ2n) is 34.6. The third kappa shape index (κ3) is 8.79. The van der Waals surface area contributed by atoms with E-state index in [1.165, 1.54) is 178 Å². The van der Waals surface area contributed by atoms with E-state index in [1.54, 1.807) is 0 Å². The summed E-state index contributed by atoms with van der Waals surface area (Å²) in [6.45, 7) is 28.1. The number of anilines is 6. The predicted octanol–water partition coefficient (Wildman–Crippen LogP) is 24.6. The topological polar surface area (TPSA) is 6.48 Å². The number of benzene rings is 14. The van der Waals surface area contributed by atoms with Crippen LogP contribution in [-0.2, 0) is 32.5 Å². The van der Waals surface area contributed by atoms with Gasteiger partial charge in [-0.2, -0.15) is 0 Å². The number of hydrogen-bond donors (Lipinski definition) is 0. The zero-order valence-corrected chi connectivity index (χ0v) is 62.3. The maximum Gasteiger partial charge on any atom is 0.252 e. The Bertz CT molecular complexity index is 5540. The molecule has 6 aliphatic rings. The van der Waals surface area contributed by atoms with Crippen molar-refractivity contribution in [1.82, 2.24) is 0 Å². The second-order valence-corrected chi connectivity index (χ2v) is 34.6. The van der Waals surface area contributed by atoms with Gasteiger partial charge in [-0.25, -0.2) is 0 Å². The predicted molar refractivity (Wildman–Crippen MR) is 444 cm³/mol. The van der Waals surface area contributed by atoms with Crippen molar-refractivity contribution in [1.29, 1.82) is 0 Å². The van der Waals surface area contributed by atoms with E-state index in [4.69, 9.17) is 0 Å². The van der Waals surface area contributed by atoms with Crippen LogP contribution in [0.2, 0.25) is 0 Å². The Kier molecular flexibility index (Phi) is 13.4. The van der Waals surface area contributed by atoms with Gasteiger partial charge in [-0.1, -0.05) is 332 Å². The highest BCUT2D eigenvalue weighted by Gasteiger charge is 2.55. The smallest absolute Gasteiger partial charge is 0.252 e. The first-order chi connectivity index (χ1) is 50.6. The molecule has 0 saturated carbocycles. The first-order valence-electron chi connectivity index (χ1n) is 37.9. The summed E-state index contributed by atoms with van der Waals surface area (Å²) in [6.07, 6.45) is 0. The Morgan fingerprint density at radius 3 is 0.800 bits per heavy atom. The fraction of sp³-hybridized carbons (Fsp3) is 0.176. The fourth-order valence-electron chi connectivity index (χ4n) is 19.9. The molecule has 2 heterocycles. The lowest BCUT2D eigenvalue weighted by molar-refractivity contribution is 0.590. The molecular formula is C102H85BN2. The summed E-state index contributed by atoms with van der Waals surface area (Å²) < 4.78 is 0. The van der Waals surface area contributed by atoms with Gasteiger partial charge in [0, 0.05) is 34.1 Å². The van der Waals surface area contributed by atoms with Crippen LogP contribution < -0.4 is 26.2 Å². The Hall–Kier alpha value is -11.3. The molecule has 506 valence electrons. The minimum Gasteiger partial charge on any atom is -0.311 e. The molecule has 14 aromatic rings. The average Bonchev–Trinajstić information content (AvgIpc) is 1.56. The third-order valence-corrected chi connectivity index (χ3v) is 24.7. The zero-order chi connectivity index (χ0) is 71.6. The molecule has 14 aromatic carbocycles. The lowest BCUT2D eigenvalue weighted by Gasteiger charge is -2.45. The van der Waals surface area contributed by atoms with E-state index in [2.05, 4.69) is 390 Å². The quantitative estimate of drug-likeness (QED) is 0.159. The van der Waals surface area contributed by atoms with E-state index >= 15 is 0 Å². The van der Waals surface area contributed by atoms with Gasteiger partial charge in [0.25, 0.3) is 6.71 Å². The second kappa shape index (κ2) is 22.1. The van der Waals surface area contributed by atoms with Crippen molar-refractivity contribution in [3.8, 4) is 77.9 Å². The molecule has 0 radical (unpaired) electrons. The molecule has 20 rings (SSSR count). The SMILES string of the molecule is CC(C)(C)c1ccc(N2c3ccc(C(C)(C)C)cc3B3c4cc(C(C)(C)C)ccc4N(c4ccc(C(C)(C)C)cc4)c4cc(-c5c(-c6cccc7c6C6(c8ccccc8-c8ccccc86)c6ccccc6-7)cccc5-c5cccc6c5C5(c7ccccc7-c7ccccc75)c5ccccc5-6)cc2c43)cc1. The van der Waals surface area contributed by atoms with Gasteiger partial charge in [0.1, 0.15) is 0 Å². The third-order valence-electron chi connectivity index (χ3n) is 24.7. The lowest BCUT2D eigenvalue weighted by atomic mass is 9.33. The largest absolute Gasteiger partial charge is 0.311 e. The minimum absolute atomic E-state index is 0.0534. The van der Waals surface area contributed by atoms with Crippen LogP contribution in [0.1, 0.15) is 150 Å². The van der Waals surface area contributed by atoms with Crippen molar-refractivity contribution in [2.75, 3.05) is 9.80 Å². The van der Waals surface area contributed by atoms with Crippen molar-refractivity contribution < 1.29 is 0 Å². The van der Waals surface area contributed by atoms with Gasteiger partial charge >= 0.3 is 0 Å². The molecule has 0 unspecified atom stereocenters. The average molecular weight is 1350 g/mol. The van der Waals surface area contributed by atoms with Crippen LogP contribution in [-0.4, -0.2) is 6.71 Å². The Morgan fingerprint density at radius 1 is 0.238 bits per heavy atom. The van der Waals surface area contributed by atoms with Crippen molar-refractivity contribution in [2.45, 2.75) is 116 Å². The standard InChI is InChI=1S/C102H85BN2/c1-97(2,3)63-46-52-67(53-47-63)104-89-56-50-65(99(7,8)9)60-87(89)103-88-61-66(100(10,11)12)51-57-90(88)105(68-54-48-64(49-55-68)98(4,5)6)92-59-62(58-91(104)96(92)103)93-75(79-38-26-36-77-73-32-17-23-44-85(73)101(94(77)79)81-40-19-13-28-69(81)70-29-14-20-41-82(70)101)34-25-35-76(93)80-39-27-37-78-74-33-18-24-45-86(74)102(95(78)80)83-42-21-15-30-71(83)72-31-16-22-43-84(72)102/h13-61H,1-12H3. The zero-order valence-electron chi connectivity index (χ0n) is 62.3. The highest BCUT2D eigenvalue weighted by atomic mass is 15.2. The van der Waals surface area contributed by atoms with Crippen LogP contribution in [0.25, 0.3) is 77.9 Å². The molecule has 0 atom stereocenters. The van der Waals surface area contributed by atoms with Gasteiger partial charge in [-0.05, 0) is 231 Å². The van der Waals surface area contributed by atoms with Crippen molar-refractivity contribution in [3.05, 3.63) is 364 Å². The van der Waals surface area contributed by atoms with Crippen LogP contribution in [0, 0.1) is 0 Å². The molecule has 2 aliphatic heterocycles. The molecule has 4 aliphatic carbocycles. The maximum atomic E-state index is 2.66. The number of fused-ring (bicyclic) bond motifs is 24. The van der Waals surface area contributed by atoms with E-state index in [1.807, 2.05) is 0 Å². The highest BCUT2D eigenvalue weighted by Crippen LogP contribution is 2.68. The molecule has 2 nitrogen and oxygen atoms in total. The molecule has 2 spiro atoms. The Morgan fingerprint density at radius 2 is 0.495 bits per heavy atom. The molecule has 3 heteroatoms. The molecule has 105 heavy (non-hydrogen) atoms. The molecule has 0 fully saturated rings. The van der Waals surface area contributed by atoms with Crippen LogP contribution >= 0.6 is 0 Å². The van der Waals surface area contributed by atoms with Gasteiger partial charge in [-0.3, -0.25) is 0 Å². The summed E-state index contributed by atoms with van der Waals surface area (Å²) >= 11 is 0. The Labute approximate surface area is 620 Å². The fourth-order valence-corrected chi connectivity index (χ4v) is 19.9. The number of hydrogen-bond acceptors (Lipinski definition) is 2.